The van der Waals surface area contributed by atoms with Crippen LogP contribution >= 0.6 is 0 Å². The minimum Gasteiger partial charge on any atom is -0.324 e. The van der Waals surface area contributed by atoms with Crippen molar-refractivity contribution in [3.05, 3.63) is 54.4 Å². The Hall–Kier alpha value is -2.20. The molecule has 4 nitrogen and oxygen atoms in total. The van der Waals surface area contributed by atoms with E-state index in [1.54, 1.807) is 10.7 Å². The van der Waals surface area contributed by atoms with Crippen LogP contribution in [-0.2, 0) is 0 Å². The van der Waals surface area contributed by atoms with Gasteiger partial charge in [-0.3, -0.25) is 0 Å². The van der Waals surface area contributed by atoms with Gasteiger partial charge in [-0.25, -0.2) is 9.50 Å². The standard InChI is InChI=1S/C14H14N4/c1-10(15)12-9-13-16-7-8-18(13)17-14(12)11-5-3-2-4-6-11/h2-10H,15H2,1H3. The van der Waals surface area contributed by atoms with Crippen molar-refractivity contribution < 1.29 is 0 Å². The summed E-state index contributed by atoms with van der Waals surface area (Å²) in [5.41, 5.74) is 9.85. The number of fused-ring (bicyclic) bond motifs is 1. The molecule has 0 saturated heterocycles. The summed E-state index contributed by atoms with van der Waals surface area (Å²) in [4.78, 5) is 4.24. The van der Waals surface area contributed by atoms with Crippen molar-refractivity contribution in [3.63, 3.8) is 0 Å². The van der Waals surface area contributed by atoms with Crippen molar-refractivity contribution in [2.75, 3.05) is 0 Å². The molecule has 2 N–H and O–H groups in total. The third kappa shape index (κ3) is 1.76. The van der Waals surface area contributed by atoms with E-state index in [1.165, 1.54) is 0 Å². The second kappa shape index (κ2) is 4.23. The van der Waals surface area contributed by atoms with Gasteiger partial charge in [-0.1, -0.05) is 30.3 Å². The van der Waals surface area contributed by atoms with Crippen LogP contribution in [0.3, 0.4) is 0 Å². The van der Waals surface area contributed by atoms with Crippen LogP contribution in [0, 0.1) is 0 Å². The van der Waals surface area contributed by atoms with Crippen molar-refractivity contribution >= 4 is 5.65 Å². The van der Waals surface area contributed by atoms with E-state index in [0.717, 1.165) is 22.5 Å². The molecule has 18 heavy (non-hydrogen) atoms. The van der Waals surface area contributed by atoms with Gasteiger partial charge in [-0.2, -0.15) is 5.10 Å². The van der Waals surface area contributed by atoms with Crippen LogP contribution in [0.1, 0.15) is 18.5 Å². The number of nitrogens with two attached hydrogens (primary N) is 1. The SMILES string of the molecule is CC(N)c1cc2nccn2nc1-c1ccccc1. The molecule has 0 bridgehead atoms. The molecule has 0 radical (unpaired) electrons. The molecule has 4 heteroatoms. The molecule has 2 aromatic heterocycles. The quantitative estimate of drug-likeness (QED) is 0.746. The predicted molar refractivity (Wildman–Crippen MR) is 71.0 cm³/mol. The van der Waals surface area contributed by atoms with Gasteiger partial charge in [0.05, 0.1) is 5.69 Å². The summed E-state index contributed by atoms with van der Waals surface area (Å²) in [6.45, 7) is 1.96. The lowest BCUT2D eigenvalue weighted by Gasteiger charge is -2.12. The van der Waals surface area contributed by atoms with Crippen LogP contribution < -0.4 is 5.73 Å². The monoisotopic (exact) mass is 238 g/mol. The fourth-order valence-electron chi connectivity index (χ4n) is 2.04. The number of benzene rings is 1. The van der Waals surface area contributed by atoms with Gasteiger partial charge in [0, 0.05) is 29.6 Å². The Kier molecular flexibility index (Phi) is 2.57. The average molecular weight is 238 g/mol. The summed E-state index contributed by atoms with van der Waals surface area (Å²) in [5.74, 6) is 0. The zero-order valence-electron chi connectivity index (χ0n) is 10.1. The minimum absolute atomic E-state index is 0.0746. The van der Waals surface area contributed by atoms with E-state index >= 15 is 0 Å². The largest absolute Gasteiger partial charge is 0.324 e. The second-order valence-electron chi connectivity index (χ2n) is 4.33. The molecule has 1 unspecified atom stereocenters. The molecule has 3 rings (SSSR count). The molecule has 1 aromatic carbocycles. The van der Waals surface area contributed by atoms with Crippen molar-refractivity contribution in [1.82, 2.24) is 14.6 Å². The highest BCUT2D eigenvalue weighted by molar-refractivity contribution is 5.65. The first kappa shape index (κ1) is 10.9. The molecular weight excluding hydrogens is 224 g/mol. The van der Waals surface area contributed by atoms with Gasteiger partial charge >= 0.3 is 0 Å². The number of imidazole rings is 1. The van der Waals surface area contributed by atoms with Crippen LogP contribution in [0.4, 0.5) is 0 Å². The zero-order chi connectivity index (χ0) is 12.5. The predicted octanol–water partition coefficient (Wildman–Crippen LogP) is 2.42. The maximum absolute atomic E-state index is 6.03. The molecule has 2 heterocycles. The van der Waals surface area contributed by atoms with Gasteiger partial charge in [0.2, 0.25) is 0 Å². The first-order chi connectivity index (χ1) is 8.75. The van der Waals surface area contributed by atoms with E-state index in [0.29, 0.717) is 0 Å². The lowest BCUT2D eigenvalue weighted by molar-refractivity contribution is 0.798. The Bertz CT molecular complexity index is 671. The van der Waals surface area contributed by atoms with Gasteiger partial charge in [-0.15, -0.1) is 0 Å². The number of hydrogen-bond acceptors (Lipinski definition) is 3. The lowest BCUT2D eigenvalue weighted by atomic mass is 10.0. The molecule has 1 atom stereocenters. The van der Waals surface area contributed by atoms with Gasteiger partial charge in [0.1, 0.15) is 0 Å². The Balaban J connectivity index is 2.28. The van der Waals surface area contributed by atoms with Gasteiger partial charge in [0.25, 0.3) is 0 Å². The highest BCUT2D eigenvalue weighted by Crippen LogP contribution is 2.25. The summed E-state index contributed by atoms with van der Waals surface area (Å²) < 4.78 is 1.77. The summed E-state index contributed by atoms with van der Waals surface area (Å²) in [5, 5.41) is 4.60. The first-order valence-electron chi connectivity index (χ1n) is 5.91. The van der Waals surface area contributed by atoms with E-state index in [-0.39, 0.29) is 6.04 Å². The molecule has 0 aliphatic heterocycles. The zero-order valence-corrected chi connectivity index (χ0v) is 10.1. The number of hydrogen-bond donors (Lipinski definition) is 1. The minimum atomic E-state index is -0.0746. The van der Waals surface area contributed by atoms with Crippen molar-refractivity contribution in [1.29, 1.82) is 0 Å². The smallest absolute Gasteiger partial charge is 0.153 e. The van der Waals surface area contributed by atoms with Crippen molar-refractivity contribution in [2.24, 2.45) is 5.73 Å². The molecule has 0 aliphatic rings. The molecule has 0 saturated carbocycles. The number of rotatable bonds is 2. The fourth-order valence-corrected chi connectivity index (χ4v) is 2.04. The highest BCUT2D eigenvalue weighted by Gasteiger charge is 2.12. The van der Waals surface area contributed by atoms with Crippen molar-refractivity contribution in [3.8, 4) is 11.3 Å². The Morgan fingerprint density at radius 2 is 2.00 bits per heavy atom. The van der Waals surface area contributed by atoms with E-state index in [9.17, 15) is 0 Å². The van der Waals surface area contributed by atoms with Crippen LogP contribution in [0.25, 0.3) is 16.9 Å². The normalized spacial score (nSPS) is 12.8. The van der Waals surface area contributed by atoms with Crippen LogP contribution in [0.5, 0.6) is 0 Å². The third-order valence-corrected chi connectivity index (χ3v) is 2.95. The lowest BCUT2D eigenvalue weighted by Crippen LogP contribution is -2.09. The topological polar surface area (TPSA) is 56.2 Å². The van der Waals surface area contributed by atoms with Crippen LogP contribution in [0.15, 0.2) is 48.8 Å². The molecular formula is C14H14N4. The molecule has 90 valence electrons. The highest BCUT2D eigenvalue weighted by atomic mass is 15.2. The molecule has 0 fully saturated rings. The Morgan fingerprint density at radius 3 is 2.72 bits per heavy atom. The van der Waals surface area contributed by atoms with E-state index in [1.807, 2.05) is 49.5 Å². The van der Waals surface area contributed by atoms with Crippen LogP contribution in [0.2, 0.25) is 0 Å². The fraction of sp³-hybridized carbons (Fsp3) is 0.143. The van der Waals surface area contributed by atoms with E-state index in [2.05, 4.69) is 10.1 Å². The van der Waals surface area contributed by atoms with E-state index in [4.69, 9.17) is 5.73 Å². The van der Waals surface area contributed by atoms with Gasteiger partial charge in [-0.05, 0) is 13.0 Å². The molecule has 0 spiro atoms. The molecule has 0 aliphatic carbocycles. The molecule has 3 aromatic rings. The summed E-state index contributed by atoms with van der Waals surface area (Å²) in [6, 6.07) is 12.0. The average Bonchev–Trinajstić information content (AvgIpc) is 2.85. The second-order valence-corrected chi connectivity index (χ2v) is 4.33. The number of aromatic nitrogens is 3. The summed E-state index contributed by atoms with van der Waals surface area (Å²) in [7, 11) is 0. The maximum atomic E-state index is 6.03. The van der Waals surface area contributed by atoms with Gasteiger partial charge < -0.3 is 5.73 Å². The van der Waals surface area contributed by atoms with E-state index < -0.39 is 0 Å². The summed E-state index contributed by atoms with van der Waals surface area (Å²) >= 11 is 0. The van der Waals surface area contributed by atoms with Crippen molar-refractivity contribution in [2.45, 2.75) is 13.0 Å². The first-order valence-corrected chi connectivity index (χ1v) is 5.91. The van der Waals surface area contributed by atoms with Gasteiger partial charge in [0.15, 0.2) is 5.65 Å². The Labute approximate surface area is 105 Å². The number of nitrogens with zero attached hydrogens (tertiary/aromatic N) is 3. The maximum Gasteiger partial charge on any atom is 0.153 e. The molecule has 0 amide bonds. The summed E-state index contributed by atoms with van der Waals surface area (Å²) in [6.07, 6.45) is 3.58. The Morgan fingerprint density at radius 1 is 1.22 bits per heavy atom. The van der Waals surface area contributed by atoms with Crippen LogP contribution in [-0.4, -0.2) is 14.6 Å². The third-order valence-electron chi connectivity index (χ3n) is 2.95.